The third-order valence-corrected chi connectivity index (χ3v) is 3.60. The van der Waals surface area contributed by atoms with Crippen molar-refractivity contribution in [2.45, 2.75) is 6.10 Å². The Labute approximate surface area is 112 Å². The second-order valence-electron chi connectivity index (χ2n) is 4.93. The molecule has 1 atom stereocenters. The van der Waals surface area contributed by atoms with Crippen molar-refractivity contribution in [3.8, 4) is 0 Å². The molecule has 2 aliphatic heterocycles. The van der Waals surface area contributed by atoms with E-state index in [2.05, 4.69) is 39.8 Å². The summed E-state index contributed by atoms with van der Waals surface area (Å²) in [5.41, 5.74) is 2.29. The minimum Gasteiger partial charge on any atom is -0.371 e. The summed E-state index contributed by atoms with van der Waals surface area (Å²) >= 11 is 0. The van der Waals surface area contributed by atoms with Gasteiger partial charge in [-0.1, -0.05) is 12.1 Å². The van der Waals surface area contributed by atoms with Gasteiger partial charge in [0.2, 0.25) is 5.91 Å². The molecule has 0 bridgehead atoms. The van der Waals surface area contributed by atoms with Crippen molar-refractivity contribution in [1.82, 2.24) is 10.6 Å². The van der Waals surface area contributed by atoms with Gasteiger partial charge in [-0.2, -0.15) is 0 Å². The Morgan fingerprint density at radius 3 is 2.74 bits per heavy atom. The molecule has 2 N–H and O–H groups in total. The van der Waals surface area contributed by atoms with Gasteiger partial charge >= 0.3 is 0 Å². The normalized spacial score (nSPS) is 24.1. The van der Waals surface area contributed by atoms with Gasteiger partial charge in [0.1, 0.15) is 0 Å². The number of nitrogens with one attached hydrogen (secondary N) is 2. The Hall–Kier alpha value is -1.59. The number of carbonyl (C=O) groups excluding carboxylic acids is 1. The number of hydrogen-bond donors (Lipinski definition) is 2. The van der Waals surface area contributed by atoms with Crippen LogP contribution in [0.4, 0.5) is 5.69 Å². The van der Waals surface area contributed by atoms with Crippen LogP contribution >= 0.6 is 0 Å². The average molecular weight is 261 g/mol. The summed E-state index contributed by atoms with van der Waals surface area (Å²) in [7, 11) is 0. The zero-order chi connectivity index (χ0) is 13.1. The number of carbonyl (C=O) groups is 1. The van der Waals surface area contributed by atoms with Gasteiger partial charge in [0.05, 0.1) is 19.3 Å². The second kappa shape index (κ2) is 5.59. The number of hydrogen-bond acceptors (Lipinski definition) is 4. The van der Waals surface area contributed by atoms with Crippen LogP contribution in [0.3, 0.4) is 0 Å². The SMILES string of the molecule is O=C1CN(c2ccc(C3CNCCO3)cc2)CCN1. The minimum absolute atomic E-state index is 0.0927. The van der Waals surface area contributed by atoms with Crippen molar-refractivity contribution in [3.05, 3.63) is 29.8 Å². The summed E-state index contributed by atoms with van der Waals surface area (Å²) in [4.78, 5) is 13.5. The van der Waals surface area contributed by atoms with Crippen LogP contribution in [0.2, 0.25) is 0 Å². The lowest BCUT2D eigenvalue weighted by Crippen LogP contribution is -2.47. The fourth-order valence-corrected chi connectivity index (χ4v) is 2.54. The number of piperazine rings is 1. The fourth-order valence-electron chi connectivity index (χ4n) is 2.54. The highest BCUT2D eigenvalue weighted by Gasteiger charge is 2.18. The molecule has 1 aromatic rings. The van der Waals surface area contributed by atoms with Gasteiger partial charge in [0.25, 0.3) is 0 Å². The number of rotatable bonds is 2. The van der Waals surface area contributed by atoms with E-state index in [1.165, 1.54) is 5.56 Å². The maximum absolute atomic E-state index is 11.4. The summed E-state index contributed by atoms with van der Waals surface area (Å²) in [6.45, 7) is 4.59. The Kier molecular flexibility index (Phi) is 3.66. The molecule has 1 unspecified atom stereocenters. The van der Waals surface area contributed by atoms with Gasteiger partial charge in [-0.05, 0) is 17.7 Å². The molecular formula is C14H19N3O2. The van der Waals surface area contributed by atoms with Crippen molar-refractivity contribution in [3.63, 3.8) is 0 Å². The molecule has 3 rings (SSSR count). The Morgan fingerprint density at radius 1 is 1.21 bits per heavy atom. The molecule has 19 heavy (non-hydrogen) atoms. The zero-order valence-electron chi connectivity index (χ0n) is 10.9. The summed E-state index contributed by atoms with van der Waals surface area (Å²) in [5, 5.41) is 6.16. The monoisotopic (exact) mass is 261 g/mol. The standard InChI is InChI=1S/C14H19N3O2/c18-14-10-17(7-5-16-14)12-3-1-11(2-4-12)13-9-15-6-8-19-13/h1-4,13,15H,5-10H2,(H,16,18). The number of morpholine rings is 1. The van der Waals surface area contributed by atoms with Crippen LogP contribution in [0.25, 0.3) is 0 Å². The molecule has 1 amide bonds. The van der Waals surface area contributed by atoms with E-state index in [1.54, 1.807) is 0 Å². The molecule has 5 nitrogen and oxygen atoms in total. The van der Waals surface area contributed by atoms with Crippen LogP contribution in [0.1, 0.15) is 11.7 Å². The Balaban J connectivity index is 1.69. The van der Waals surface area contributed by atoms with E-state index >= 15 is 0 Å². The number of ether oxygens (including phenoxy) is 1. The smallest absolute Gasteiger partial charge is 0.239 e. The third kappa shape index (κ3) is 2.88. The van der Waals surface area contributed by atoms with Crippen LogP contribution in [-0.2, 0) is 9.53 Å². The summed E-state index contributed by atoms with van der Waals surface area (Å²) in [6.07, 6.45) is 0.146. The predicted molar refractivity (Wildman–Crippen MR) is 73.2 cm³/mol. The molecule has 2 heterocycles. The summed E-state index contributed by atoms with van der Waals surface area (Å²) in [5.74, 6) is 0.0927. The van der Waals surface area contributed by atoms with Gasteiger partial charge in [-0.25, -0.2) is 0 Å². The first-order chi connectivity index (χ1) is 9.33. The number of anilines is 1. The molecular weight excluding hydrogens is 242 g/mol. The first-order valence-corrected chi connectivity index (χ1v) is 6.77. The molecule has 102 valence electrons. The highest BCUT2D eigenvalue weighted by Crippen LogP contribution is 2.22. The van der Waals surface area contributed by atoms with Crippen molar-refractivity contribution < 1.29 is 9.53 Å². The molecule has 0 spiro atoms. The molecule has 2 aliphatic rings. The molecule has 1 aromatic carbocycles. The van der Waals surface area contributed by atoms with Gasteiger partial charge < -0.3 is 20.3 Å². The topological polar surface area (TPSA) is 53.6 Å². The molecule has 0 aliphatic carbocycles. The lowest BCUT2D eigenvalue weighted by Gasteiger charge is -2.29. The molecule has 0 saturated carbocycles. The fraction of sp³-hybridized carbons (Fsp3) is 0.500. The quantitative estimate of drug-likeness (QED) is 0.803. The number of nitrogens with zero attached hydrogens (tertiary/aromatic N) is 1. The van der Waals surface area contributed by atoms with Crippen molar-refractivity contribution in [2.75, 3.05) is 44.2 Å². The lowest BCUT2D eigenvalue weighted by atomic mass is 10.1. The number of benzene rings is 1. The molecule has 2 fully saturated rings. The van der Waals surface area contributed by atoms with E-state index in [9.17, 15) is 4.79 Å². The van der Waals surface area contributed by atoms with Crippen LogP contribution in [0, 0.1) is 0 Å². The van der Waals surface area contributed by atoms with Crippen molar-refractivity contribution in [2.24, 2.45) is 0 Å². The predicted octanol–water partition coefficient (Wildman–Crippen LogP) is 0.284. The average Bonchev–Trinajstić information content (AvgIpc) is 2.48. The minimum atomic E-state index is 0.0927. The van der Waals surface area contributed by atoms with Gasteiger partial charge in [0.15, 0.2) is 0 Å². The maximum atomic E-state index is 11.4. The Morgan fingerprint density at radius 2 is 2.05 bits per heavy atom. The lowest BCUT2D eigenvalue weighted by molar-refractivity contribution is -0.120. The van der Waals surface area contributed by atoms with E-state index in [0.717, 1.165) is 38.5 Å². The largest absolute Gasteiger partial charge is 0.371 e. The van der Waals surface area contributed by atoms with Crippen LogP contribution in [0.15, 0.2) is 24.3 Å². The maximum Gasteiger partial charge on any atom is 0.239 e. The molecule has 0 radical (unpaired) electrons. The van der Waals surface area contributed by atoms with Crippen LogP contribution in [0.5, 0.6) is 0 Å². The molecule has 2 saturated heterocycles. The van der Waals surface area contributed by atoms with E-state index in [4.69, 9.17) is 4.74 Å². The Bertz CT molecular complexity index is 441. The van der Waals surface area contributed by atoms with Gasteiger partial charge in [0, 0.05) is 31.9 Å². The molecule has 0 aromatic heterocycles. The summed E-state index contributed by atoms with van der Waals surface area (Å²) < 4.78 is 5.73. The first kappa shape index (κ1) is 12.4. The zero-order valence-corrected chi connectivity index (χ0v) is 10.9. The highest BCUT2D eigenvalue weighted by atomic mass is 16.5. The van der Waals surface area contributed by atoms with Crippen LogP contribution < -0.4 is 15.5 Å². The van der Waals surface area contributed by atoms with E-state index < -0.39 is 0 Å². The van der Waals surface area contributed by atoms with E-state index in [1.807, 2.05) is 0 Å². The van der Waals surface area contributed by atoms with Crippen LogP contribution in [-0.4, -0.2) is 45.2 Å². The molecule has 5 heteroatoms. The summed E-state index contributed by atoms with van der Waals surface area (Å²) in [6, 6.07) is 8.34. The van der Waals surface area contributed by atoms with Gasteiger partial charge in [-0.3, -0.25) is 4.79 Å². The first-order valence-electron chi connectivity index (χ1n) is 6.77. The second-order valence-corrected chi connectivity index (χ2v) is 4.93. The van der Waals surface area contributed by atoms with E-state index in [0.29, 0.717) is 6.54 Å². The number of amides is 1. The van der Waals surface area contributed by atoms with E-state index in [-0.39, 0.29) is 12.0 Å². The van der Waals surface area contributed by atoms with Gasteiger partial charge in [-0.15, -0.1) is 0 Å². The van der Waals surface area contributed by atoms with Crippen molar-refractivity contribution in [1.29, 1.82) is 0 Å². The highest BCUT2D eigenvalue weighted by molar-refractivity contribution is 5.82. The third-order valence-electron chi connectivity index (χ3n) is 3.60. The van der Waals surface area contributed by atoms with Crippen molar-refractivity contribution >= 4 is 11.6 Å².